The Hall–Kier alpha value is -0.0800. The minimum atomic E-state index is 0.534. The van der Waals surface area contributed by atoms with Crippen molar-refractivity contribution in [2.75, 3.05) is 13.1 Å². The maximum Gasteiger partial charge on any atom is -0.0150 e. The molecule has 0 unspecified atom stereocenters. The molecule has 1 saturated heterocycles. The second-order valence-corrected chi connectivity index (χ2v) is 2.52. The van der Waals surface area contributed by atoms with Crippen LogP contribution in [0.3, 0.4) is 0 Å². The second-order valence-electron chi connectivity index (χ2n) is 2.52. The number of hydrogen-bond acceptors (Lipinski definition) is 1. The predicted molar refractivity (Wildman–Crippen MR) is 35.2 cm³/mol. The lowest BCUT2D eigenvalue weighted by molar-refractivity contribution is 0.496. The summed E-state index contributed by atoms with van der Waals surface area (Å²) in [6, 6.07) is 1.14. The van der Waals surface area contributed by atoms with E-state index in [9.17, 15) is 0 Å². The van der Waals surface area contributed by atoms with Gasteiger partial charge in [-0.3, -0.25) is 0 Å². The van der Waals surface area contributed by atoms with E-state index >= 15 is 0 Å². The van der Waals surface area contributed by atoms with Crippen LogP contribution < -0.4 is 5.32 Å². The van der Waals surface area contributed by atoms with E-state index in [4.69, 9.17) is 0 Å². The molecule has 2 atom stereocenters. The highest BCUT2D eigenvalue weighted by atomic mass is 15.1. The molecule has 1 aliphatic heterocycles. The van der Waals surface area contributed by atoms with E-state index in [0.29, 0.717) is 12.1 Å². The van der Waals surface area contributed by atoms with Gasteiger partial charge in [0, 0.05) is 0 Å². The first-order valence-electron chi connectivity index (χ1n) is 3.19. The van der Waals surface area contributed by atoms with Crippen LogP contribution in [0, 0.1) is 0 Å². The smallest absolute Gasteiger partial charge is 0.0150 e. The molecule has 1 heterocycles. The predicted octanol–water partition coefficient (Wildman–Crippen LogP) is 0.740. The number of hydrogen-bond donors (Lipinski definition) is 1. The Morgan fingerprint density at radius 1 is 1.50 bits per heavy atom. The second kappa shape index (κ2) is 2.46. The molecule has 0 aromatic heterocycles. The summed E-state index contributed by atoms with van der Waals surface area (Å²) in [4.78, 5) is 0. The molecule has 1 aliphatic rings. The maximum atomic E-state index is 4.35. The lowest BCUT2D eigenvalue weighted by Gasteiger charge is -2.38. The molecule has 1 rings (SSSR count). The molecule has 1 fully saturated rings. The van der Waals surface area contributed by atoms with Gasteiger partial charge >= 0.3 is 0 Å². The van der Waals surface area contributed by atoms with E-state index in [1.165, 1.54) is 0 Å². The molecule has 0 amide bonds. The van der Waals surface area contributed by atoms with Gasteiger partial charge in [0.1, 0.15) is 0 Å². The summed E-state index contributed by atoms with van der Waals surface area (Å²) in [5.41, 5.74) is 0. The number of nitrogens with zero attached hydrogens (tertiary/aromatic N) is 1. The Labute approximate surface area is 50.7 Å². The van der Waals surface area contributed by atoms with Gasteiger partial charge < -0.3 is 10.6 Å². The van der Waals surface area contributed by atoms with Gasteiger partial charge in [0.15, 0.2) is 0 Å². The van der Waals surface area contributed by atoms with Crippen molar-refractivity contribution in [2.45, 2.75) is 25.9 Å². The highest BCUT2D eigenvalue weighted by Crippen LogP contribution is 2.04. The largest absolute Gasteiger partial charge is 0.657 e. The first kappa shape index (κ1) is 6.05. The fourth-order valence-electron chi connectivity index (χ4n) is 0.839. The van der Waals surface area contributed by atoms with Gasteiger partial charge in [0.25, 0.3) is 0 Å². The molecule has 1 N–H and O–H groups in total. The zero-order valence-corrected chi connectivity index (χ0v) is 5.52. The third-order valence-electron chi connectivity index (χ3n) is 1.45. The Bertz CT molecular complexity index is 54.9. The van der Waals surface area contributed by atoms with Crippen LogP contribution in [0.5, 0.6) is 0 Å². The summed E-state index contributed by atoms with van der Waals surface area (Å²) in [6.07, 6.45) is 0. The molecule has 0 bridgehead atoms. The Morgan fingerprint density at radius 3 is 2.62 bits per heavy atom. The zero-order chi connectivity index (χ0) is 5.98. The normalized spacial score (nSPS) is 39.8. The van der Waals surface area contributed by atoms with Crippen molar-refractivity contribution < 1.29 is 0 Å². The number of nitrogens with one attached hydrogen (secondary N) is 1. The first-order valence-corrected chi connectivity index (χ1v) is 3.19. The monoisotopic (exact) mass is 113 g/mol. The van der Waals surface area contributed by atoms with Crippen molar-refractivity contribution in [1.29, 1.82) is 0 Å². The molecule has 0 radical (unpaired) electrons. The van der Waals surface area contributed by atoms with Crippen LogP contribution in [0.1, 0.15) is 13.8 Å². The fraction of sp³-hybridized carbons (Fsp3) is 1.00. The van der Waals surface area contributed by atoms with Gasteiger partial charge in [-0.2, -0.15) is 0 Å². The van der Waals surface area contributed by atoms with E-state index in [1.54, 1.807) is 0 Å². The maximum absolute atomic E-state index is 4.35. The van der Waals surface area contributed by atoms with Crippen LogP contribution in [-0.2, 0) is 0 Å². The van der Waals surface area contributed by atoms with Crippen molar-refractivity contribution in [3.8, 4) is 0 Å². The lowest BCUT2D eigenvalue weighted by atomic mass is 10.2. The highest BCUT2D eigenvalue weighted by Gasteiger charge is 2.01. The van der Waals surface area contributed by atoms with Crippen LogP contribution in [0.15, 0.2) is 0 Å². The topological polar surface area (TPSA) is 26.1 Å². The number of rotatable bonds is 0. The van der Waals surface area contributed by atoms with Gasteiger partial charge in [-0.25, -0.2) is 0 Å². The average Bonchev–Trinajstić information content (AvgIpc) is 1.77. The molecule has 2 nitrogen and oxygen atoms in total. The van der Waals surface area contributed by atoms with Gasteiger partial charge in [-0.15, -0.1) is 12.6 Å². The summed E-state index contributed by atoms with van der Waals surface area (Å²) < 4.78 is 0. The van der Waals surface area contributed by atoms with E-state index in [0.717, 1.165) is 13.1 Å². The van der Waals surface area contributed by atoms with E-state index in [1.807, 2.05) is 0 Å². The molecule has 8 heavy (non-hydrogen) atoms. The molecule has 0 aromatic carbocycles. The first-order chi connectivity index (χ1) is 3.79. The molecule has 48 valence electrons. The Morgan fingerprint density at radius 2 is 2.25 bits per heavy atom. The van der Waals surface area contributed by atoms with Crippen LogP contribution in [0.25, 0.3) is 5.32 Å². The quantitative estimate of drug-likeness (QED) is 0.492. The molecule has 2 heteroatoms. The minimum Gasteiger partial charge on any atom is -0.657 e. The summed E-state index contributed by atoms with van der Waals surface area (Å²) in [7, 11) is 0. The van der Waals surface area contributed by atoms with Gasteiger partial charge in [0.2, 0.25) is 0 Å². The summed E-state index contributed by atoms with van der Waals surface area (Å²) in [5, 5.41) is 7.69. The van der Waals surface area contributed by atoms with Crippen LogP contribution in [-0.4, -0.2) is 25.2 Å². The van der Waals surface area contributed by atoms with E-state index in [-0.39, 0.29) is 0 Å². The molecular formula is C6H13N2-. The SMILES string of the molecule is C[C@H]1CN[C@@H](C)C[N-]1. The zero-order valence-electron chi connectivity index (χ0n) is 5.52. The van der Waals surface area contributed by atoms with Crippen molar-refractivity contribution in [3.05, 3.63) is 5.32 Å². The van der Waals surface area contributed by atoms with Crippen molar-refractivity contribution in [1.82, 2.24) is 5.32 Å². The molecule has 0 aromatic rings. The van der Waals surface area contributed by atoms with Crippen LogP contribution in [0.2, 0.25) is 0 Å². The average molecular weight is 113 g/mol. The van der Waals surface area contributed by atoms with E-state index in [2.05, 4.69) is 24.5 Å². The fourth-order valence-corrected chi connectivity index (χ4v) is 0.839. The summed E-state index contributed by atoms with van der Waals surface area (Å²) in [5.74, 6) is 0. The van der Waals surface area contributed by atoms with Crippen molar-refractivity contribution >= 4 is 0 Å². The third kappa shape index (κ3) is 1.46. The number of piperazine rings is 1. The Kier molecular flexibility index (Phi) is 1.86. The van der Waals surface area contributed by atoms with E-state index < -0.39 is 0 Å². The molecule has 0 spiro atoms. The van der Waals surface area contributed by atoms with Gasteiger partial charge in [-0.1, -0.05) is 13.8 Å². The molecule has 0 aliphatic carbocycles. The van der Waals surface area contributed by atoms with Gasteiger partial charge in [0.05, 0.1) is 0 Å². The molecular weight excluding hydrogens is 100 g/mol. The van der Waals surface area contributed by atoms with Crippen molar-refractivity contribution in [2.24, 2.45) is 0 Å². The lowest BCUT2D eigenvalue weighted by Crippen LogP contribution is -2.40. The van der Waals surface area contributed by atoms with Crippen molar-refractivity contribution in [3.63, 3.8) is 0 Å². The molecule has 0 saturated carbocycles. The third-order valence-corrected chi connectivity index (χ3v) is 1.45. The summed E-state index contributed by atoms with van der Waals surface area (Å²) >= 11 is 0. The van der Waals surface area contributed by atoms with Crippen LogP contribution in [0.4, 0.5) is 0 Å². The standard InChI is InChI=1S/C6H13N2/c1-5-3-8-6(2)4-7-5/h5-7H,3-4H2,1-2H3/q-1/t5-,6-/m0/s1. The van der Waals surface area contributed by atoms with Gasteiger partial charge in [-0.05, 0) is 12.6 Å². The Balaban J connectivity index is 2.19. The van der Waals surface area contributed by atoms with Crippen LogP contribution >= 0.6 is 0 Å². The summed E-state index contributed by atoms with van der Waals surface area (Å²) in [6.45, 7) is 6.34. The minimum absolute atomic E-state index is 0.534. The highest BCUT2D eigenvalue weighted by molar-refractivity contribution is 4.97.